The van der Waals surface area contributed by atoms with Gasteiger partial charge in [0.15, 0.2) is 0 Å². The maximum Gasteiger partial charge on any atom is 0.243 e. The number of hydrogen-bond acceptors (Lipinski definition) is 5. The van der Waals surface area contributed by atoms with E-state index >= 15 is 0 Å². The van der Waals surface area contributed by atoms with E-state index in [-0.39, 0.29) is 30.1 Å². The highest BCUT2D eigenvalue weighted by molar-refractivity contribution is 6.00. The molecule has 6 heteroatoms. The zero-order valence-electron chi connectivity index (χ0n) is 10.2. The van der Waals surface area contributed by atoms with Gasteiger partial charge in [-0.25, -0.2) is 0 Å². The van der Waals surface area contributed by atoms with E-state index in [2.05, 4.69) is 10.6 Å². The van der Waals surface area contributed by atoms with Crippen molar-refractivity contribution in [3.05, 3.63) is 23.3 Å². The van der Waals surface area contributed by atoms with Gasteiger partial charge in [0.1, 0.15) is 18.5 Å². The molecule has 19 heavy (non-hydrogen) atoms. The van der Waals surface area contributed by atoms with Crippen LogP contribution in [-0.4, -0.2) is 42.9 Å². The maximum absolute atomic E-state index is 11.6. The zero-order chi connectivity index (χ0) is 13.4. The molecular weight excluding hydrogens is 248 g/mol. The topological polar surface area (TPSA) is 87.8 Å². The Bertz CT molecular complexity index is 509. The van der Waals surface area contributed by atoms with Crippen LogP contribution >= 0.6 is 0 Å². The van der Waals surface area contributed by atoms with Crippen LogP contribution in [0, 0.1) is 0 Å². The maximum atomic E-state index is 11.6. The van der Waals surface area contributed by atoms with Gasteiger partial charge in [0.05, 0.1) is 6.04 Å². The predicted octanol–water partition coefficient (Wildman–Crippen LogP) is -0.786. The number of nitrogens with one attached hydrogen (secondary N) is 2. The summed E-state index contributed by atoms with van der Waals surface area (Å²) in [7, 11) is 0. The van der Waals surface area contributed by atoms with Crippen molar-refractivity contribution < 1.29 is 19.1 Å². The van der Waals surface area contributed by atoms with Crippen LogP contribution in [0.15, 0.2) is 23.3 Å². The number of ether oxygens (including phenoxy) is 1. The fourth-order valence-electron chi connectivity index (χ4n) is 2.44. The van der Waals surface area contributed by atoms with Gasteiger partial charge in [0, 0.05) is 18.5 Å². The van der Waals surface area contributed by atoms with Gasteiger partial charge in [0.25, 0.3) is 0 Å². The van der Waals surface area contributed by atoms with Gasteiger partial charge < -0.3 is 10.1 Å². The van der Waals surface area contributed by atoms with Gasteiger partial charge in [-0.1, -0.05) is 12.2 Å². The number of carbonyl (C=O) groups excluding carboxylic acids is 3. The average molecular weight is 262 g/mol. The summed E-state index contributed by atoms with van der Waals surface area (Å²) in [6.45, 7) is 0.420. The van der Waals surface area contributed by atoms with E-state index in [1.165, 1.54) is 0 Å². The quantitative estimate of drug-likeness (QED) is 0.394. The molecule has 2 aliphatic heterocycles. The normalized spacial score (nSPS) is 32.9. The molecule has 3 aliphatic rings. The Morgan fingerprint density at radius 2 is 2.32 bits per heavy atom. The number of aldehydes is 1. The largest absolute Gasteiger partial charge is 0.360 e. The SMILES string of the molecule is O=CC1=C(CNC2CCC(=O)NC2=O)C=CC2OC12. The Labute approximate surface area is 109 Å². The van der Waals surface area contributed by atoms with Crippen molar-refractivity contribution in [2.24, 2.45) is 0 Å². The average Bonchev–Trinajstić information content (AvgIpc) is 3.16. The van der Waals surface area contributed by atoms with Crippen LogP contribution in [0.3, 0.4) is 0 Å². The highest BCUT2D eigenvalue weighted by atomic mass is 16.6. The van der Waals surface area contributed by atoms with Crippen molar-refractivity contribution in [3.8, 4) is 0 Å². The third-order valence-electron chi connectivity index (χ3n) is 3.59. The lowest BCUT2D eigenvalue weighted by Crippen LogP contribution is -2.51. The van der Waals surface area contributed by atoms with E-state index in [4.69, 9.17) is 4.74 Å². The van der Waals surface area contributed by atoms with E-state index in [1.54, 1.807) is 0 Å². The van der Waals surface area contributed by atoms with Gasteiger partial charge in [-0.15, -0.1) is 0 Å². The Kier molecular flexibility index (Phi) is 3.04. The molecule has 0 aromatic heterocycles. The summed E-state index contributed by atoms with van der Waals surface area (Å²) in [4.78, 5) is 33.6. The fraction of sp³-hybridized carbons (Fsp3) is 0.462. The summed E-state index contributed by atoms with van der Waals surface area (Å²) in [5.41, 5.74) is 1.49. The first-order valence-corrected chi connectivity index (χ1v) is 6.28. The number of rotatable bonds is 4. The molecule has 2 saturated heterocycles. The lowest BCUT2D eigenvalue weighted by atomic mass is 9.98. The van der Waals surface area contributed by atoms with Crippen molar-refractivity contribution in [3.63, 3.8) is 0 Å². The summed E-state index contributed by atoms with van der Waals surface area (Å²) >= 11 is 0. The summed E-state index contributed by atoms with van der Waals surface area (Å²) < 4.78 is 5.31. The van der Waals surface area contributed by atoms with Gasteiger partial charge in [-0.2, -0.15) is 0 Å². The molecule has 0 aromatic carbocycles. The number of amides is 2. The smallest absolute Gasteiger partial charge is 0.243 e. The predicted molar refractivity (Wildman–Crippen MR) is 65.1 cm³/mol. The number of piperidine rings is 1. The summed E-state index contributed by atoms with van der Waals surface area (Å²) in [6, 6.07) is -0.385. The lowest BCUT2D eigenvalue weighted by molar-refractivity contribution is -0.134. The molecule has 0 saturated carbocycles. The third-order valence-corrected chi connectivity index (χ3v) is 3.59. The van der Waals surface area contributed by atoms with Crippen LogP contribution in [0.5, 0.6) is 0 Å². The van der Waals surface area contributed by atoms with E-state index in [9.17, 15) is 14.4 Å². The van der Waals surface area contributed by atoms with Crippen LogP contribution in [0.1, 0.15) is 12.8 Å². The minimum Gasteiger partial charge on any atom is -0.360 e. The highest BCUT2D eigenvalue weighted by Gasteiger charge is 2.43. The van der Waals surface area contributed by atoms with Crippen LogP contribution in [-0.2, 0) is 19.1 Å². The second-order valence-corrected chi connectivity index (χ2v) is 4.86. The molecule has 6 nitrogen and oxygen atoms in total. The molecule has 3 unspecified atom stereocenters. The highest BCUT2D eigenvalue weighted by Crippen LogP contribution is 2.35. The molecule has 2 amide bonds. The molecular formula is C13H14N2O4. The number of carbonyl (C=O) groups is 3. The van der Waals surface area contributed by atoms with E-state index < -0.39 is 0 Å². The molecule has 0 spiro atoms. The summed E-state index contributed by atoms with van der Waals surface area (Å²) in [5.74, 6) is -0.535. The Morgan fingerprint density at radius 1 is 1.47 bits per heavy atom. The molecule has 100 valence electrons. The number of epoxide rings is 1. The van der Waals surface area contributed by atoms with Crippen molar-refractivity contribution in [2.75, 3.05) is 6.54 Å². The van der Waals surface area contributed by atoms with E-state index in [0.29, 0.717) is 25.0 Å². The second kappa shape index (κ2) is 4.71. The zero-order valence-corrected chi connectivity index (χ0v) is 10.2. The second-order valence-electron chi connectivity index (χ2n) is 4.86. The lowest BCUT2D eigenvalue weighted by Gasteiger charge is -2.22. The minimum atomic E-state index is -0.385. The van der Waals surface area contributed by atoms with Gasteiger partial charge in [-0.05, 0) is 12.0 Å². The van der Waals surface area contributed by atoms with Crippen LogP contribution in [0.2, 0.25) is 0 Å². The standard InChI is InChI=1S/C13H14N2O4/c16-6-8-7(1-3-10-12(8)19-10)5-14-9-2-4-11(17)15-13(9)18/h1,3,6,9-10,12,14H,2,4-5H2,(H,15,17,18). The third kappa shape index (κ3) is 2.36. The molecule has 0 radical (unpaired) electrons. The Balaban J connectivity index is 1.63. The van der Waals surface area contributed by atoms with Crippen LogP contribution in [0.4, 0.5) is 0 Å². The molecule has 2 fully saturated rings. The van der Waals surface area contributed by atoms with Crippen molar-refractivity contribution >= 4 is 18.1 Å². The molecule has 1 aliphatic carbocycles. The molecule has 0 aromatic rings. The number of fused-ring (bicyclic) bond motifs is 1. The van der Waals surface area contributed by atoms with Crippen molar-refractivity contribution in [1.82, 2.24) is 10.6 Å². The number of hydrogen-bond donors (Lipinski definition) is 2. The van der Waals surface area contributed by atoms with E-state index in [0.717, 1.165) is 11.9 Å². The van der Waals surface area contributed by atoms with Gasteiger partial charge in [-0.3, -0.25) is 19.7 Å². The van der Waals surface area contributed by atoms with Gasteiger partial charge >= 0.3 is 0 Å². The summed E-state index contributed by atoms with van der Waals surface area (Å²) in [5, 5.41) is 5.37. The molecule has 2 heterocycles. The first-order valence-electron chi connectivity index (χ1n) is 6.28. The monoisotopic (exact) mass is 262 g/mol. The Hall–Kier alpha value is -1.79. The van der Waals surface area contributed by atoms with Crippen LogP contribution < -0.4 is 10.6 Å². The first kappa shape index (κ1) is 12.3. The molecule has 3 atom stereocenters. The molecule has 2 N–H and O–H groups in total. The van der Waals surface area contributed by atoms with Crippen molar-refractivity contribution in [2.45, 2.75) is 31.1 Å². The molecule has 0 bridgehead atoms. The molecule has 3 rings (SSSR count). The van der Waals surface area contributed by atoms with E-state index in [1.807, 2.05) is 12.2 Å². The minimum absolute atomic E-state index is 0.0413. The first-order chi connectivity index (χ1) is 9.19. The summed E-state index contributed by atoms with van der Waals surface area (Å²) in [6.07, 6.45) is 5.35. The Morgan fingerprint density at radius 3 is 3.05 bits per heavy atom. The fourth-order valence-corrected chi connectivity index (χ4v) is 2.44. The van der Waals surface area contributed by atoms with Crippen LogP contribution in [0.25, 0.3) is 0 Å². The number of imide groups is 1. The van der Waals surface area contributed by atoms with Gasteiger partial charge in [0.2, 0.25) is 11.8 Å². The van der Waals surface area contributed by atoms with Crippen molar-refractivity contribution in [1.29, 1.82) is 0 Å².